The highest BCUT2D eigenvalue weighted by Gasteiger charge is 2.42. The normalized spacial score (nSPS) is 30.7. The number of anilines is 2. The predicted molar refractivity (Wildman–Crippen MR) is 91.5 cm³/mol. The molecule has 4 nitrogen and oxygen atoms in total. The Hall–Kier alpha value is -1.55. The molecule has 2 bridgehead atoms. The largest absolute Gasteiger partial charge is 0.393 e. The summed E-state index contributed by atoms with van der Waals surface area (Å²) in [7, 11) is 0. The van der Waals surface area contributed by atoms with Crippen molar-refractivity contribution >= 4 is 17.3 Å². The van der Waals surface area contributed by atoms with Gasteiger partial charge in [-0.05, 0) is 68.2 Å². The standard InChI is InChI=1S/C19H26N2O2/c22-17-7-9-21(10-8-17)16-5-3-15(4-6-16)20-19(23)18-12-13-1-2-14(18)11-13/h3-6,13-14,17-18,22H,1-2,7-12H2,(H,20,23)/t13-,14-,18-/m0/s1. The summed E-state index contributed by atoms with van der Waals surface area (Å²) in [6.45, 7) is 1.80. The molecule has 3 fully saturated rings. The van der Waals surface area contributed by atoms with Crippen molar-refractivity contribution in [2.45, 2.75) is 44.6 Å². The first-order chi connectivity index (χ1) is 11.2. The smallest absolute Gasteiger partial charge is 0.227 e. The minimum atomic E-state index is -0.147. The minimum Gasteiger partial charge on any atom is -0.393 e. The highest BCUT2D eigenvalue weighted by molar-refractivity contribution is 5.93. The Morgan fingerprint density at radius 2 is 1.78 bits per heavy atom. The van der Waals surface area contributed by atoms with Crippen LogP contribution < -0.4 is 10.2 Å². The fourth-order valence-corrected chi connectivity index (χ4v) is 4.68. The Morgan fingerprint density at radius 3 is 2.39 bits per heavy atom. The summed E-state index contributed by atoms with van der Waals surface area (Å²) in [6, 6.07) is 8.17. The van der Waals surface area contributed by atoms with Crippen LogP contribution in [0.25, 0.3) is 0 Å². The molecule has 1 amide bonds. The summed E-state index contributed by atoms with van der Waals surface area (Å²) in [6.07, 6.45) is 6.44. The summed E-state index contributed by atoms with van der Waals surface area (Å²) in [5, 5.41) is 12.7. The van der Waals surface area contributed by atoms with Crippen LogP contribution in [0.15, 0.2) is 24.3 Å². The van der Waals surface area contributed by atoms with Gasteiger partial charge >= 0.3 is 0 Å². The number of nitrogens with one attached hydrogen (secondary N) is 1. The molecule has 0 spiro atoms. The van der Waals surface area contributed by atoms with E-state index in [-0.39, 0.29) is 17.9 Å². The van der Waals surface area contributed by atoms with Crippen molar-refractivity contribution in [3.05, 3.63) is 24.3 Å². The van der Waals surface area contributed by atoms with Crippen molar-refractivity contribution < 1.29 is 9.90 Å². The molecule has 1 aromatic carbocycles. The van der Waals surface area contributed by atoms with Gasteiger partial charge in [0.05, 0.1) is 6.10 Å². The number of piperidine rings is 1. The molecule has 1 heterocycles. The number of fused-ring (bicyclic) bond motifs is 2. The first-order valence-corrected chi connectivity index (χ1v) is 9.03. The SMILES string of the molecule is O=C(Nc1ccc(N2CCC(O)CC2)cc1)[C@H]1C[C@H]2CC[C@H]1C2. The molecule has 2 aliphatic carbocycles. The van der Waals surface area contributed by atoms with Crippen LogP contribution in [-0.4, -0.2) is 30.2 Å². The van der Waals surface area contributed by atoms with Crippen molar-refractivity contribution in [3.63, 3.8) is 0 Å². The summed E-state index contributed by atoms with van der Waals surface area (Å²) >= 11 is 0. The van der Waals surface area contributed by atoms with E-state index < -0.39 is 0 Å². The number of benzene rings is 1. The number of rotatable bonds is 3. The molecule has 3 aliphatic rings. The van der Waals surface area contributed by atoms with Crippen LogP contribution in [0.2, 0.25) is 0 Å². The second-order valence-corrected chi connectivity index (χ2v) is 7.54. The molecule has 124 valence electrons. The van der Waals surface area contributed by atoms with Crippen molar-refractivity contribution in [3.8, 4) is 0 Å². The third-order valence-electron chi connectivity index (χ3n) is 6.04. The van der Waals surface area contributed by atoms with Crippen LogP contribution in [-0.2, 0) is 4.79 Å². The summed E-state index contributed by atoms with van der Waals surface area (Å²) in [5.41, 5.74) is 2.08. The topological polar surface area (TPSA) is 52.6 Å². The van der Waals surface area contributed by atoms with Gasteiger partial charge in [0.1, 0.15) is 0 Å². The monoisotopic (exact) mass is 314 g/mol. The van der Waals surface area contributed by atoms with Gasteiger partial charge in [0.2, 0.25) is 5.91 Å². The molecule has 23 heavy (non-hydrogen) atoms. The molecular weight excluding hydrogens is 288 g/mol. The highest BCUT2D eigenvalue weighted by atomic mass is 16.3. The summed E-state index contributed by atoms with van der Waals surface area (Å²) in [5.74, 6) is 1.87. The van der Waals surface area contributed by atoms with Gasteiger partial charge < -0.3 is 15.3 Å². The zero-order valence-electron chi connectivity index (χ0n) is 13.6. The highest BCUT2D eigenvalue weighted by Crippen LogP contribution is 2.48. The number of hydrogen-bond acceptors (Lipinski definition) is 3. The van der Waals surface area contributed by atoms with Gasteiger partial charge in [-0.1, -0.05) is 6.42 Å². The number of carbonyl (C=O) groups is 1. The zero-order valence-corrected chi connectivity index (χ0v) is 13.6. The molecule has 1 saturated heterocycles. The van der Waals surface area contributed by atoms with E-state index in [1.54, 1.807) is 0 Å². The van der Waals surface area contributed by atoms with Crippen LogP contribution in [0.1, 0.15) is 38.5 Å². The second kappa shape index (κ2) is 6.16. The van der Waals surface area contributed by atoms with Crippen LogP contribution >= 0.6 is 0 Å². The fraction of sp³-hybridized carbons (Fsp3) is 0.632. The lowest BCUT2D eigenvalue weighted by molar-refractivity contribution is -0.121. The first kappa shape index (κ1) is 15.0. The molecule has 3 atom stereocenters. The predicted octanol–water partition coefficient (Wildman–Crippen LogP) is 3.02. The van der Waals surface area contributed by atoms with Gasteiger partial charge in [-0.3, -0.25) is 4.79 Å². The number of aliphatic hydroxyl groups is 1. The third-order valence-corrected chi connectivity index (χ3v) is 6.04. The first-order valence-electron chi connectivity index (χ1n) is 9.03. The van der Waals surface area contributed by atoms with E-state index in [2.05, 4.69) is 22.3 Å². The van der Waals surface area contributed by atoms with E-state index in [0.29, 0.717) is 5.92 Å². The summed E-state index contributed by atoms with van der Waals surface area (Å²) in [4.78, 5) is 14.8. The molecule has 4 heteroatoms. The molecule has 0 radical (unpaired) electrons. The van der Waals surface area contributed by atoms with Crippen molar-refractivity contribution in [1.82, 2.24) is 0 Å². The number of aliphatic hydroxyl groups excluding tert-OH is 1. The van der Waals surface area contributed by atoms with E-state index >= 15 is 0 Å². The second-order valence-electron chi connectivity index (χ2n) is 7.54. The van der Waals surface area contributed by atoms with E-state index in [4.69, 9.17) is 0 Å². The Balaban J connectivity index is 1.36. The number of nitrogens with zero attached hydrogens (tertiary/aromatic N) is 1. The van der Waals surface area contributed by atoms with E-state index in [1.807, 2.05) is 12.1 Å². The van der Waals surface area contributed by atoms with E-state index in [0.717, 1.165) is 44.0 Å². The maximum absolute atomic E-state index is 12.5. The molecular formula is C19H26N2O2. The van der Waals surface area contributed by atoms with Crippen LogP contribution in [0.3, 0.4) is 0 Å². The van der Waals surface area contributed by atoms with Crippen molar-refractivity contribution in [2.75, 3.05) is 23.3 Å². The quantitative estimate of drug-likeness (QED) is 0.902. The van der Waals surface area contributed by atoms with Gasteiger partial charge in [-0.2, -0.15) is 0 Å². The van der Waals surface area contributed by atoms with E-state index in [9.17, 15) is 9.90 Å². The van der Waals surface area contributed by atoms with Gasteiger partial charge in [0, 0.05) is 30.4 Å². The van der Waals surface area contributed by atoms with Gasteiger partial charge in [-0.25, -0.2) is 0 Å². The molecule has 4 rings (SSSR count). The average Bonchev–Trinajstić information content (AvgIpc) is 3.19. The van der Waals surface area contributed by atoms with Crippen LogP contribution in [0.5, 0.6) is 0 Å². The maximum Gasteiger partial charge on any atom is 0.227 e. The van der Waals surface area contributed by atoms with Gasteiger partial charge in [0.15, 0.2) is 0 Å². The lowest BCUT2D eigenvalue weighted by Gasteiger charge is -2.31. The molecule has 2 N–H and O–H groups in total. The Bertz CT molecular complexity index is 563. The lowest BCUT2D eigenvalue weighted by atomic mass is 9.88. The van der Waals surface area contributed by atoms with E-state index in [1.165, 1.54) is 24.9 Å². The Kier molecular flexibility index (Phi) is 4.02. The Labute approximate surface area is 137 Å². The van der Waals surface area contributed by atoms with Gasteiger partial charge in [-0.15, -0.1) is 0 Å². The van der Waals surface area contributed by atoms with Crippen LogP contribution in [0.4, 0.5) is 11.4 Å². The molecule has 0 unspecified atom stereocenters. The fourth-order valence-electron chi connectivity index (χ4n) is 4.68. The lowest BCUT2D eigenvalue weighted by Crippen LogP contribution is -2.35. The minimum absolute atomic E-state index is 0.147. The number of hydrogen-bond donors (Lipinski definition) is 2. The molecule has 2 saturated carbocycles. The van der Waals surface area contributed by atoms with Crippen molar-refractivity contribution in [2.24, 2.45) is 17.8 Å². The van der Waals surface area contributed by atoms with Crippen molar-refractivity contribution in [1.29, 1.82) is 0 Å². The summed E-state index contributed by atoms with van der Waals surface area (Å²) < 4.78 is 0. The molecule has 0 aromatic heterocycles. The van der Waals surface area contributed by atoms with Crippen LogP contribution in [0, 0.1) is 17.8 Å². The third kappa shape index (κ3) is 3.09. The molecule has 1 aliphatic heterocycles. The Morgan fingerprint density at radius 1 is 1.04 bits per heavy atom. The zero-order chi connectivity index (χ0) is 15.8. The number of amides is 1. The maximum atomic E-state index is 12.5. The number of carbonyl (C=O) groups excluding carboxylic acids is 1. The molecule has 1 aromatic rings. The van der Waals surface area contributed by atoms with Gasteiger partial charge in [0.25, 0.3) is 0 Å². The average molecular weight is 314 g/mol.